The van der Waals surface area contributed by atoms with Gasteiger partial charge in [-0.2, -0.15) is 0 Å². The molecule has 1 atom stereocenters. The first kappa shape index (κ1) is 20.2. The first-order valence-electron chi connectivity index (χ1n) is 9.28. The molecule has 1 aromatic heterocycles. The van der Waals surface area contributed by atoms with Crippen LogP contribution in [0.5, 0.6) is 5.75 Å². The number of fused-ring (bicyclic) bond motifs is 1. The summed E-state index contributed by atoms with van der Waals surface area (Å²) in [7, 11) is 0. The van der Waals surface area contributed by atoms with E-state index in [2.05, 4.69) is 24.1 Å². The van der Waals surface area contributed by atoms with Crippen molar-refractivity contribution in [2.45, 2.75) is 39.3 Å². The number of imidazole rings is 1. The van der Waals surface area contributed by atoms with E-state index in [1.54, 1.807) is 36.7 Å². The molecular formula is C21H24ClN3O3. The molecule has 0 radical (unpaired) electrons. The number of carbonyl (C=O) groups excluding carboxylic acids is 1. The highest BCUT2D eigenvalue weighted by molar-refractivity contribution is 6.31. The van der Waals surface area contributed by atoms with E-state index in [4.69, 9.17) is 16.3 Å². The van der Waals surface area contributed by atoms with Gasteiger partial charge in [0.25, 0.3) is 5.91 Å². The third-order valence-electron chi connectivity index (χ3n) is 4.51. The van der Waals surface area contributed by atoms with Gasteiger partial charge < -0.3 is 19.7 Å². The molecule has 2 aromatic carbocycles. The summed E-state index contributed by atoms with van der Waals surface area (Å²) in [6.07, 6.45) is 2.10. The van der Waals surface area contributed by atoms with E-state index in [-0.39, 0.29) is 24.7 Å². The Kier molecular flexibility index (Phi) is 6.21. The number of benzene rings is 2. The van der Waals surface area contributed by atoms with Crippen LogP contribution >= 0.6 is 11.6 Å². The molecule has 0 spiro atoms. The molecule has 0 fully saturated rings. The van der Waals surface area contributed by atoms with Gasteiger partial charge >= 0.3 is 0 Å². The Bertz CT molecular complexity index is 980. The summed E-state index contributed by atoms with van der Waals surface area (Å²) >= 11 is 6.00. The second-order valence-electron chi connectivity index (χ2n) is 6.88. The molecule has 28 heavy (non-hydrogen) atoms. The first-order chi connectivity index (χ1) is 13.4. The van der Waals surface area contributed by atoms with E-state index in [1.165, 1.54) is 0 Å². The third kappa shape index (κ3) is 4.29. The van der Waals surface area contributed by atoms with E-state index in [9.17, 15) is 9.90 Å². The van der Waals surface area contributed by atoms with Crippen molar-refractivity contribution in [3.8, 4) is 5.75 Å². The Hall–Kier alpha value is -2.57. The van der Waals surface area contributed by atoms with Crippen LogP contribution in [0, 0.1) is 0 Å². The molecular weight excluding hydrogens is 378 g/mol. The van der Waals surface area contributed by atoms with Gasteiger partial charge in [0.1, 0.15) is 17.4 Å². The van der Waals surface area contributed by atoms with Crippen molar-refractivity contribution in [1.82, 2.24) is 9.55 Å². The van der Waals surface area contributed by atoms with Crippen LogP contribution in [0.15, 0.2) is 42.7 Å². The number of aliphatic hydroxyl groups excluding tert-OH is 1. The van der Waals surface area contributed by atoms with Gasteiger partial charge in [-0.25, -0.2) is 4.98 Å². The minimum absolute atomic E-state index is 0.0812. The predicted molar refractivity (Wildman–Crippen MR) is 111 cm³/mol. The topological polar surface area (TPSA) is 76.4 Å². The zero-order valence-electron chi connectivity index (χ0n) is 16.1. The van der Waals surface area contributed by atoms with E-state index in [0.29, 0.717) is 34.0 Å². The highest BCUT2D eigenvalue weighted by atomic mass is 35.5. The van der Waals surface area contributed by atoms with E-state index < -0.39 is 0 Å². The second kappa shape index (κ2) is 8.63. The fraction of sp³-hybridized carbons (Fsp3) is 0.333. The van der Waals surface area contributed by atoms with Crippen LogP contribution in [0.1, 0.15) is 43.6 Å². The average Bonchev–Trinajstić information content (AvgIpc) is 3.10. The fourth-order valence-corrected chi connectivity index (χ4v) is 3.14. The molecule has 1 unspecified atom stereocenters. The number of anilines is 1. The zero-order chi connectivity index (χ0) is 20.3. The molecule has 3 rings (SSSR count). The number of aliphatic hydroxyl groups is 1. The molecule has 148 valence electrons. The summed E-state index contributed by atoms with van der Waals surface area (Å²) in [5.41, 5.74) is 2.52. The summed E-state index contributed by atoms with van der Waals surface area (Å²) in [4.78, 5) is 17.2. The number of hydrogen-bond donors (Lipinski definition) is 2. The van der Waals surface area contributed by atoms with Gasteiger partial charge in [0.05, 0.1) is 24.1 Å². The van der Waals surface area contributed by atoms with Crippen LogP contribution in [-0.2, 0) is 0 Å². The van der Waals surface area contributed by atoms with Crippen molar-refractivity contribution >= 4 is 34.2 Å². The van der Waals surface area contributed by atoms with Gasteiger partial charge in [-0.15, -0.1) is 0 Å². The summed E-state index contributed by atoms with van der Waals surface area (Å²) < 4.78 is 7.92. The van der Waals surface area contributed by atoms with Gasteiger partial charge in [0.2, 0.25) is 0 Å². The lowest BCUT2D eigenvalue weighted by molar-refractivity contribution is 0.102. The van der Waals surface area contributed by atoms with Crippen molar-refractivity contribution in [3.05, 3.63) is 53.3 Å². The van der Waals surface area contributed by atoms with Gasteiger partial charge in [-0.1, -0.05) is 24.6 Å². The van der Waals surface area contributed by atoms with Crippen molar-refractivity contribution < 1.29 is 14.6 Å². The number of rotatable bonds is 7. The third-order valence-corrected chi connectivity index (χ3v) is 4.74. The lowest BCUT2D eigenvalue weighted by Crippen LogP contribution is -2.20. The van der Waals surface area contributed by atoms with E-state index in [1.807, 2.05) is 17.6 Å². The predicted octanol–water partition coefficient (Wildman–Crippen LogP) is 4.67. The number of amides is 1. The highest BCUT2D eigenvalue weighted by Crippen LogP contribution is 2.31. The SMILES string of the molecule is CCC(CO)Oc1cc(NC(=O)c2cccc(Cl)c2)c2ncn(C(C)C)c2c1. The number of nitrogens with zero attached hydrogens (tertiary/aromatic N) is 2. The molecule has 7 heteroatoms. The van der Waals surface area contributed by atoms with Gasteiger partial charge in [0.15, 0.2) is 0 Å². The van der Waals surface area contributed by atoms with Gasteiger partial charge in [-0.3, -0.25) is 4.79 Å². The summed E-state index contributed by atoms with van der Waals surface area (Å²) in [6.45, 7) is 5.98. The number of halogens is 1. The van der Waals surface area contributed by atoms with E-state index >= 15 is 0 Å². The Morgan fingerprint density at radius 3 is 2.75 bits per heavy atom. The van der Waals surface area contributed by atoms with Crippen molar-refractivity contribution in [1.29, 1.82) is 0 Å². The van der Waals surface area contributed by atoms with Crippen LogP contribution < -0.4 is 10.1 Å². The quantitative estimate of drug-likeness (QED) is 0.603. The van der Waals surface area contributed by atoms with Crippen LogP contribution in [0.25, 0.3) is 11.0 Å². The molecule has 0 aliphatic heterocycles. The molecule has 0 saturated carbocycles. The number of hydrogen-bond acceptors (Lipinski definition) is 4. The summed E-state index contributed by atoms with van der Waals surface area (Å²) in [5.74, 6) is 0.284. The summed E-state index contributed by atoms with van der Waals surface area (Å²) in [5, 5.41) is 12.9. The smallest absolute Gasteiger partial charge is 0.255 e. The zero-order valence-corrected chi connectivity index (χ0v) is 16.9. The summed E-state index contributed by atoms with van der Waals surface area (Å²) in [6, 6.07) is 10.6. The average molecular weight is 402 g/mol. The lowest BCUT2D eigenvalue weighted by Gasteiger charge is -2.17. The number of ether oxygens (including phenoxy) is 1. The molecule has 1 heterocycles. The Balaban J connectivity index is 2.02. The monoisotopic (exact) mass is 401 g/mol. The molecule has 3 aromatic rings. The van der Waals surface area contributed by atoms with Crippen LogP contribution in [0.2, 0.25) is 5.02 Å². The highest BCUT2D eigenvalue weighted by Gasteiger charge is 2.17. The minimum Gasteiger partial charge on any atom is -0.488 e. The lowest BCUT2D eigenvalue weighted by atomic mass is 10.2. The van der Waals surface area contributed by atoms with Crippen LogP contribution in [0.3, 0.4) is 0 Å². The second-order valence-corrected chi connectivity index (χ2v) is 7.32. The molecule has 0 aliphatic rings. The maximum atomic E-state index is 12.7. The maximum Gasteiger partial charge on any atom is 0.255 e. The standard InChI is InChI=1S/C21H24ClN3O3/c1-4-16(11-26)28-17-9-18(20-19(10-17)25(12-23-20)13(2)3)24-21(27)14-6-5-7-15(22)8-14/h5-10,12-13,16,26H,4,11H2,1-3H3,(H,24,27). The van der Waals surface area contributed by atoms with Crippen LogP contribution in [0.4, 0.5) is 5.69 Å². The van der Waals surface area contributed by atoms with Gasteiger partial charge in [-0.05, 0) is 38.5 Å². The molecule has 1 amide bonds. The van der Waals surface area contributed by atoms with Gasteiger partial charge in [0, 0.05) is 28.8 Å². The Labute approximate surface area is 169 Å². The molecule has 0 bridgehead atoms. The van der Waals surface area contributed by atoms with Crippen molar-refractivity contribution in [2.75, 3.05) is 11.9 Å². The maximum absolute atomic E-state index is 12.7. The Morgan fingerprint density at radius 1 is 1.32 bits per heavy atom. The molecule has 0 aliphatic carbocycles. The van der Waals surface area contributed by atoms with Crippen molar-refractivity contribution in [3.63, 3.8) is 0 Å². The van der Waals surface area contributed by atoms with E-state index in [0.717, 1.165) is 5.52 Å². The van der Waals surface area contributed by atoms with Crippen LogP contribution in [-0.4, -0.2) is 33.3 Å². The molecule has 0 saturated heterocycles. The minimum atomic E-state index is -0.315. The normalized spacial score (nSPS) is 12.4. The number of aromatic nitrogens is 2. The van der Waals surface area contributed by atoms with Crippen molar-refractivity contribution in [2.24, 2.45) is 0 Å². The fourth-order valence-electron chi connectivity index (χ4n) is 2.95. The number of carbonyl (C=O) groups is 1. The molecule has 6 nitrogen and oxygen atoms in total. The molecule has 2 N–H and O–H groups in total. The Morgan fingerprint density at radius 2 is 2.11 bits per heavy atom. The largest absolute Gasteiger partial charge is 0.488 e. The number of nitrogens with one attached hydrogen (secondary N) is 1. The first-order valence-corrected chi connectivity index (χ1v) is 9.65.